The lowest BCUT2D eigenvalue weighted by atomic mass is 9.89. The molecule has 2 heterocycles. The van der Waals surface area contributed by atoms with Crippen LogP contribution in [-0.4, -0.2) is 54.2 Å². The number of likely N-dealkylation sites (tertiary alicyclic amines) is 1. The number of anilines is 1. The van der Waals surface area contributed by atoms with Gasteiger partial charge in [0.15, 0.2) is 0 Å². The van der Waals surface area contributed by atoms with Crippen molar-refractivity contribution in [2.24, 2.45) is 5.92 Å². The second-order valence-electron chi connectivity index (χ2n) is 8.74. The molecule has 2 fully saturated rings. The lowest BCUT2D eigenvalue weighted by molar-refractivity contribution is -0.143. The molecular formula is C21H27F6N3O2. The van der Waals surface area contributed by atoms with Crippen molar-refractivity contribution in [1.29, 1.82) is 0 Å². The lowest BCUT2D eigenvalue weighted by Crippen LogP contribution is -2.51. The van der Waals surface area contributed by atoms with E-state index in [4.69, 9.17) is 0 Å². The minimum absolute atomic E-state index is 0.0135. The molecule has 0 radical (unpaired) electrons. The minimum Gasteiger partial charge on any atom is -0.388 e. The molecule has 1 aromatic rings. The van der Waals surface area contributed by atoms with Crippen molar-refractivity contribution in [3.8, 4) is 0 Å². The van der Waals surface area contributed by atoms with E-state index in [1.165, 1.54) is 0 Å². The van der Waals surface area contributed by atoms with Crippen LogP contribution in [0, 0.1) is 5.92 Å². The molecule has 2 aliphatic heterocycles. The second kappa shape index (κ2) is 9.56. The van der Waals surface area contributed by atoms with E-state index >= 15 is 0 Å². The van der Waals surface area contributed by atoms with Gasteiger partial charge in [0.05, 0.1) is 16.7 Å². The van der Waals surface area contributed by atoms with Crippen LogP contribution in [0.5, 0.6) is 0 Å². The Bertz CT molecular complexity index is 765. The number of piperidine rings is 2. The summed E-state index contributed by atoms with van der Waals surface area (Å²) in [6.45, 7) is 3.43. The van der Waals surface area contributed by atoms with Gasteiger partial charge in [0.1, 0.15) is 0 Å². The Kier molecular flexibility index (Phi) is 7.41. The van der Waals surface area contributed by atoms with Crippen LogP contribution in [0.3, 0.4) is 0 Å². The highest BCUT2D eigenvalue weighted by atomic mass is 19.4. The van der Waals surface area contributed by atoms with Gasteiger partial charge in [0.25, 0.3) is 0 Å². The lowest BCUT2D eigenvalue weighted by Gasteiger charge is -2.40. The molecule has 0 aromatic heterocycles. The zero-order chi connectivity index (χ0) is 23.6. The Labute approximate surface area is 182 Å². The van der Waals surface area contributed by atoms with Gasteiger partial charge in [-0.1, -0.05) is 0 Å². The first-order chi connectivity index (χ1) is 14.8. The minimum atomic E-state index is -4.97. The fraction of sp³-hybridized carbons (Fsp3) is 0.667. The van der Waals surface area contributed by atoms with Gasteiger partial charge in [-0.15, -0.1) is 0 Å². The number of alkyl halides is 6. The molecule has 2 saturated heterocycles. The largest absolute Gasteiger partial charge is 0.416 e. The van der Waals surface area contributed by atoms with Gasteiger partial charge in [0, 0.05) is 18.7 Å². The predicted octanol–water partition coefficient (Wildman–Crippen LogP) is 3.88. The number of carbonyl (C=O) groups excluding carboxylic acids is 1. The summed E-state index contributed by atoms with van der Waals surface area (Å²) in [6, 6.07) is 1.05. The molecule has 0 spiro atoms. The van der Waals surface area contributed by atoms with Crippen molar-refractivity contribution in [2.45, 2.75) is 50.1 Å². The topological polar surface area (TPSA) is 64.6 Å². The molecule has 180 valence electrons. The van der Waals surface area contributed by atoms with Crippen LogP contribution in [0.1, 0.15) is 43.2 Å². The van der Waals surface area contributed by atoms with Crippen LogP contribution in [0.2, 0.25) is 0 Å². The average Bonchev–Trinajstić information content (AvgIpc) is 2.68. The Hall–Kier alpha value is -1.85. The third-order valence-corrected chi connectivity index (χ3v) is 6.10. The number of β-amino-alcohol motifs (C(OH)–C–C–N with tert-alkyl or cyclic N) is 1. The summed E-state index contributed by atoms with van der Waals surface area (Å²) >= 11 is 0. The van der Waals surface area contributed by atoms with E-state index in [9.17, 15) is 36.2 Å². The summed E-state index contributed by atoms with van der Waals surface area (Å²) in [5, 5.41) is 16.1. The molecule has 0 unspecified atom stereocenters. The maximum absolute atomic E-state index is 13.0. The molecule has 0 atom stereocenters. The quantitative estimate of drug-likeness (QED) is 0.576. The second-order valence-corrected chi connectivity index (χ2v) is 8.74. The summed E-state index contributed by atoms with van der Waals surface area (Å²) in [6.07, 6.45) is -7.24. The summed E-state index contributed by atoms with van der Waals surface area (Å²) in [5.41, 5.74) is -4.18. The van der Waals surface area contributed by atoms with Crippen molar-refractivity contribution in [3.05, 3.63) is 29.3 Å². The SMILES string of the molecule is O=C(CC1CCN(CC2(O)CCNCC2)CC1)Nc1cc(C(F)(F)F)cc(C(F)(F)F)c1. The van der Waals surface area contributed by atoms with Gasteiger partial charge < -0.3 is 20.6 Å². The molecule has 5 nitrogen and oxygen atoms in total. The maximum atomic E-state index is 13.0. The number of amides is 1. The molecule has 3 N–H and O–H groups in total. The Balaban J connectivity index is 1.55. The molecule has 0 aliphatic carbocycles. The Morgan fingerprint density at radius 3 is 2.06 bits per heavy atom. The number of nitrogens with one attached hydrogen (secondary N) is 2. The van der Waals surface area contributed by atoms with E-state index in [0.29, 0.717) is 57.5 Å². The van der Waals surface area contributed by atoms with Crippen LogP contribution in [0.4, 0.5) is 32.0 Å². The van der Waals surface area contributed by atoms with Crippen molar-refractivity contribution in [2.75, 3.05) is 38.0 Å². The normalized spacial score (nSPS) is 20.8. The molecule has 1 amide bonds. The summed E-state index contributed by atoms with van der Waals surface area (Å²) in [4.78, 5) is 14.5. The maximum Gasteiger partial charge on any atom is 0.416 e. The molecular weight excluding hydrogens is 440 g/mol. The standard InChI is InChI=1S/C21H27F6N3O2/c22-20(23,24)15-10-16(21(25,26)27)12-17(11-15)29-18(31)9-14-1-7-30(8-2-14)13-19(32)3-5-28-6-4-19/h10-12,14,28,32H,1-9,13H2,(H,29,31). The highest BCUT2D eigenvalue weighted by Crippen LogP contribution is 2.37. The Morgan fingerprint density at radius 2 is 1.56 bits per heavy atom. The van der Waals surface area contributed by atoms with Crippen LogP contribution in [-0.2, 0) is 17.1 Å². The molecule has 3 rings (SSSR count). The third-order valence-electron chi connectivity index (χ3n) is 6.10. The number of rotatable bonds is 5. The first-order valence-corrected chi connectivity index (χ1v) is 10.6. The number of benzene rings is 1. The van der Waals surface area contributed by atoms with E-state index in [1.54, 1.807) is 0 Å². The number of hydrogen-bond donors (Lipinski definition) is 3. The predicted molar refractivity (Wildman–Crippen MR) is 106 cm³/mol. The van der Waals surface area contributed by atoms with Crippen LogP contribution in [0.25, 0.3) is 0 Å². The third kappa shape index (κ3) is 6.82. The number of hydrogen-bond acceptors (Lipinski definition) is 4. The highest BCUT2D eigenvalue weighted by Gasteiger charge is 2.37. The zero-order valence-corrected chi connectivity index (χ0v) is 17.5. The van der Waals surface area contributed by atoms with E-state index < -0.39 is 40.7 Å². The smallest absolute Gasteiger partial charge is 0.388 e. The fourth-order valence-corrected chi connectivity index (χ4v) is 4.32. The monoisotopic (exact) mass is 467 g/mol. The first kappa shape index (κ1) is 24.8. The average molecular weight is 467 g/mol. The van der Waals surface area contributed by atoms with E-state index in [0.717, 1.165) is 13.1 Å². The Morgan fingerprint density at radius 1 is 1.03 bits per heavy atom. The van der Waals surface area contributed by atoms with Gasteiger partial charge in [-0.2, -0.15) is 26.3 Å². The van der Waals surface area contributed by atoms with E-state index in [1.807, 2.05) is 0 Å². The van der Waals surface area contributed by atoms with Crippen molar-refractivity contribution >= 4 is 11.6 Å². The van der Waals surface area contributed by atoms with Crippen LogP contribution < -0.4 is 10.6 Å². The molecule has 1 aromatic carbocycles. The molecule has 2 aliphatic rings. The summed E-state index contributed by atoms with van der Waals surface area (Å²) in [7, 11) is 0. The van der Waals surface area contributed by atoms with Gasteiger partial charge >= 0.3 is 12.4 Å². The number of aliphatic hydroxyl groups is 1. The van der Waals surface area contributed by atoms with Crippen LogP contribution >= 0.6 is 0 Å². The molecule has 0 bridgehead atoms. The van der Waals surface area contributed by atoms with Gasteiger partial charge in [0.2, 0.25) is 5.91 Å². The van der Waals surface area contributed by atoms with Crippen molar-refractivity contribution in [1.82, 2.24) is 10.2 Å². The number of carbonyl (C=O) groups is 1. The van der Waals surface area contributed by atoms with E-state index in [2.05, 4.69) is 15.5 Å². The zero-order valence-electron chi connectivity index (χ0n) is 17.5. The van der Waals surface area contributed by atoms with Gasteiger partial charge in [-0.25, -0.2) is 0 Å². The molecule has 0 saturated carbocycles. The van der Waals surface area contributed by atoms with E-state index in [-0.39, 0.29) is 18.4 Å². The van der Waals surface area contributed by atoms with Crippen molar-refractivity contribution in [3.63, 3.8) is 0 Å². The number of nitrogens with zero attached hydrogens (tertiary/aromatic N) is 1. The first-order valence-electron chi connectivity index (χ1n) is 10.6. The molecule has 11 heteroatoms. The van der Waals surface area contributed by atoms with Gasteiger partial charge in [-0.3, -0.25) is 4.79 Å². The van der Waals surface area contributed by atoms with Crippen molar-refractivity contribution < 1.29 is 36.2 Å². The summed E-state index contributed by atoms with van der Waals surface area (Å²) in [5.74, 6) is -0.644. The summed E-state index contributed by atoms with van der Waals surface area (Å²) < 4.78 is 77.8. The molecule has 32 heavy (non-hydrogen) atoms. The number of halogens is 6. The fourth-order valence-electron chi connectivity index (χ4n) is 4.32. The van der Waals surface area contributed by atoms with Gasteiger partial charge in [-0.05, 0) is 76.0 Å². The van der Waals surface area contributed by atoms with Crippen LogP contribution in [0.15, 0.2) is 18.2 Å². The highest BCUT2D eigenvalue weighted by molar-refractivity contribution is 5.91.